The van der Waals surface area contributed by atoms with Gasteiger partial charge in [0.2, 0.25) is 0 Å². The van der Waals surface area contributed by atoms with Crippen molar-refractivity contribution >= 4 is 5.97 Å². The van der Waals surface area contributed by atoms with Crippen LogP contribution in [0.4, 0.5) is 13.2 Å². The van der Waals surface area contributed by atoms with Gasteiger partial charge in [-0.2, -0.15) is 0 Å². The lowest BCUT2D eigenvalue weighted by Gasteiger charge is -2.29. The lowest BCUT2D eigenvalue weighted by Crippen LogP contribution is -2.38. The van der Waals surface area contributed by atoms with Crippen LogP contribution >= 0.6 is 0 Å². The van der Waals surface area contributed by atoms with Gasteiger partial charge in [-0.25, -0.2) is 13.2 Å². The first-order chi connectivity index (χ1) is 8.21. The Hall–Kier alpha value is -1.56. The molecule has 0 amide bonds. The molecule has 1 aromatic rings. The van der Waals surface area contributed by atoms with Crippen LogP contribution in [0.5, 0.6) is 0 Å². The molecule has 100 valence electrons. The van der Waals surface area contributed by atoms with Crippen LogP contribution in [0.3, 0.4) is 0 Å². The molecule has 0 aliphatic heterocycles. The van der Waals surface area contributed by atoms with Gasteiger partial charge in [-0.1, -0.05) is 0 Å². The van der Waals surface area contributed by atoms with Gasteiger partial charge in [0.25, 0.3) is 0 Å². The van der Waals surface area contributed by atoms with E-state index in [4.69, 9.17) is 5.73 Å². The molecule has 18 heavy (non-hydrogen) atoms. The quantitative estimate of drug-likeness (QED) is 0.849. The van der Waals surface area contributed by atoms with Crippen LogP contribution < -0.4 is 5.73 Å². The Morgan fingerprint density at radius 1 is 1.28 bits per heavy atom. The van der Waals surface area contributed by atoms with E-state index in [1.165, 1.54) is 13.8 Å². The maximum Gasteiger partial charge on any atom is 0.313 e. The smallest absolute Gasteiger partial charge is 0.313 e. The van der Waals surface area contributed by atoms with E-state index in [1.54, 1.807) is 0 Å². The summed E-state index contributed by atoms with van der Waals surface area (Å²) < 4.78 is 44.4. The predicted octanol–water partition coefficient (Wildman–Crippen LogP) is 2.30. The molecule has 6 heteroatoms. The van der Waals surface area contributed by atoms with Gasteiger partial charge in [0.1, 0.15) is 17.5 Å². The van der Waals surface area contributed by atoms with E-state index in [1.807, 2.05) is 0 Å². The number of hydrogen-bond acceptors (Lipinski definition) is 3. The summed E-state index contributed by atoms with van der Waals surface area (Å²) in [4.78, 5) is 11.5. The van der Waals surface area contributed by atoms with E-state index < -0.39 is 40.4 Å². The van der Waals surface area contributed by atoms with Gasteiger partial charge < -0.3 is 10.5 Å². The standard InChI is InChI=1S/C12H14F3NO2/c1-12(2,11(17)18-3)10(16)9-7(14)4-6(13)5-8(9)15/h4-5,10H,16H2,1-3H3/t10-/m1/s1. The lowest BCUT2D eigenvalue weighted by atomic mass is 9.80. The molecule has 0 spiro atoms. The van der Waals surface area contributed by atoms with Crippen molar-refractivity contribution in [1.29, 1.82) is 0 Å². The molecule has 0 saturated heterocycles. The second-order valence-electron chi connectivity index (χ2n) is 4.47. The van der Waals surface area contributed by atoms with Gasteiger partial charge in [-0.05, 0) is 13.8 Å². The number of nitrogens with two attached hydrogens (primary N) is 1. The van der Waals surface area contributed by atoms with Gasteiger partial charge in [0.05, 0.1) is 18.6 Å². The van der Waals surface area contributed by atoms with E-state index in [-0.39, 0.29) is 0 Å². The van der Waals surface area contributed by atoms with Crippen LogP contribution in [0, 0.1) is 22.9 Å². The molecule has 1 aromatic carbocycles. The lowest BCUT2D eigenvalue weighted by molar-refractivity contribution is -0.152. The fourth-order valence-electron chi connectivity index (χ4n) is 1.60. The van der Waals surface area contributed by atoms with Crippen LogP contribution in [0.15, 0.2) is 12.1 Å². The zero-order valence-electron chi connectivity index (χ0n) is 10.3. The molecule has 2 N–H and O–H groups in total. The average molecular weight is 261 g/mol. The summed E-state index contributed by atoms with van der Waals surface area (Å²) in [5, 5.41) is 0. The third-order valence-electron chi connectivity index (χ3n) is 2.84. The highest BCUT2D eigenvalue weighted by atomic mass is 19.1. The van der Waals surface area contributed by atoms with Gasteiger partial charge >= 0.3 is 5.97 Å². The van der Waals surface area contributed by atoms with Gasteiger partial charge in [-0.15, -0.1) is 0 Å². The molecule has 0 saturated carbocycles. The van der Waals surface area contributed by atoms with Crippen LogP contribution in [0.2, 0.25) is 0 Å². The van der Waals surface area contributed by atoms with E-state index in [9.17, 15) is 18.0 Å². The third-order valence-corrected chi connectivity index (χ3v) is 2.84. The Bertz CT molecular complexity index is 451. The van der Waals surface area contributed by atoms with E-state index >= 15 is 0 Å². The van der Waals surface area contributed by atoms with Crippen molar-refractivity contribution in [3.63, 3.8) is 0 Å². The third kappa shape index (κ3) is 2.48. The average Bonchev–Trinajstić information content (AvgIpc) is 2.26. The van der Waals surface area contributed by atoms with Crippen molar-refractivity contribution < 1.29 is 22.7 Å². The maximum atomic E-state index is 13.5. The molecule has 1 atom stereocenters. The normalized spacial score (nSPS) is 13.3. The Labute approximate surface area is 103 Å². The monoisotopic (exact) mass is 261 g/mol. The molecule has 0 fully saturated rings. The molecule has 0 heterocycles. The van der Waals surface area contributed by atoms with E-state index in [0.29, 0.717) is 12.1 Å². The van der Waals surface area contributed by atoms with Crippen LogP contribution in [0.25, 0.3) is 0 Å². The Morgan fingerprint density at radius 3 is 2.11 bits per heavy atom. The molecule has 0 radical (unpaired) electrons. The maximum absolute atomic E-state index is 13.5. The summed E-state index contributed by atoms with van der Waals surface area (Å²) in [6.45, 7) is 2.79. The summed E-state index contributed by atoms with van der Waals surface area (Å²) in [6, 6.07) is -0.248. The van der Waals surface area contributed by atoms with Crippen LogP contribution in [-0.4, -0.2) is 13.1 Å². The summed E-state index contributed by atoms with van der Waals surface area (Å²) in [7, 11) is 1.15. The fraction of sp³-hybridized carbons (Fsp3) is 0.417. The minimum Gasteiger partial charge on any atom is -0.469 e. The number of carbonyl (C=O) groups is 1. The SMILES string of the molecule is COC(=O)C(C)(C)[C@H](N)c1c(F)cc(F)cc1F. The number of benzene rings is 1. The molecular weight excluding hydrogens is 247 g/mol. The van der Waals surface area contributed by atoms with Crippen molar-refractivity contribution in [1.82, 2.24) is 0 Å². The van der Waals surface area contributed by atoms with Crippen molar-refractivity contribution in [2.24, 2.45) is 11.1 Å². The summed E-state index contributed by atoms with van der Waals surface area (Å²) in [5.74, 6) is -4.01. The molecule has 0 aromatic heterocycles. The molecule has 0 bridgehead atoms. The van der Waals surface area contributed by atoms with Crippen molar-refractivity contribution in [2.45, 2.75) is 19.9 Å². The van der Waals surface area contributed by atoms with Crippen LogP contribution in [0.1, 0.15) is 25.5 Å². The van der Waals surface area contributed by atoms with E-state index in [0.717, 1.165) is 7.11 Å². The highest BCUT2D eigenvalue weighted by molar-refractivity contribution is 5.77. The number of carbonyl (C=O) groups excluding carboxylic acids is 1. The zero-order valence-corrected chi connectivity index (χ0v) is 10.3. The number of ether oxygens (including phenoxy) is 1. The second-order valence-corrected chi connectivity index (χ2v) is 4.47. The second kappa shape index (κ2) is 4.97. The highest BCUT2D eigenvalue weighted by Gasteiger charge is 2.39. The number of halogens is 3. The van der Waals surface area contributed by atoms with Crippen molar-refractivity contribution in [3.8, 4) is 0 Å². The fourth-order valence-corrected chi connectivity index (χ4v) is 1.60. The van der Waals surface area contributed by atoms with Crippen LogP contribution in [-0.2, 0) is 9.53 Å². The summed E-state index contributed by atoms with van der Waals surface area (Å²) >= 11 is 0. The van der Waals surface area contributed by atoms with E-state index in [2.05, 4.69) is 4.74 Å². The zero-order chi connectivity index (χ0) is 14.1. The number of esters is 1. The number of rotatable bonds is 3. The van der Waals surface area contributed by atoms with Crippen molar-refractivity contribution in [3.05, 3.63) is 35.1 Å². The van der Waals surface area contributed by atoms with Gasteiger partial charge in [0.15, 0.2) is 0 Å². The number of methoxy groups -OCH3 is 1. The summed E-state index contributed by atoms with van der Waals surface area (Å²) in [6.07, 6.45) is 0. The Kier molecular flexibility index (Phi) is 4.01. The topological polar surface area (TPSA) is 52.3 Å². The Morgan fingerprint density at radius 2 is 1.72 bits per heavy atom. The van der Waals surface area contributed by atoms with Gasteiger partial charge in [0, 0.05) is 17.7 Å². The molecule has 3 nitrogen and oxygen atoms in total. The highest BCUT2D eigenvalue weighted by Crippen LogP contribution is 2.35. The minimum atomic E-state index is -1.34. The number of hydrogen-bond donors (Lipinski definition) is 1. The van der Waals surface area contributed by atoms with Crippen molar-refractivity contribution in [2.75, 3.05) is 7.11 Å². The minimum absolute atomic E-state index is 0.519. The first-order valence-corrected chi connectivity index (χ1v) is 5.20. The molecule has 0 aliphatic carbocycles. The largest absolute Gasteiger partial charge is 0.469 e. The first kappa shape index (κ1) is 14.5. The predicted molar refractivity (Wildman–Crippen MR) is 59.0 cm³/mol. The molecule has 0 unspecified atom stereocenters. The molecule has 1 rings (SSSR count). The Balaban J connectivity index is 3.27. The first-order valence-electron chi connectivity index (χ1n) is 5.20. The molecule has 0 aliphatic rings. The summed E-state index contributed by atoms with van der Waals surface area (Å²) in [5.41, 5.74) is 3.82. The molecular formula is C12H14F3NO2. The van der Waals surface area contributed by atoms with Gasteiger partial charge in [-0.3, -0.25) is 4.79 Å².